The Morgan fingerprint density at radius 1 is 1.24 bits per heavy atom. The molecule has 2 N–H and O–H groups in total. The van der Waals surface area contributed by atoms with Crippen molar-refractivity contribution in [2.45, 2.75) is 31.4 Å². The Hall–Kier alpha value is -1.83. The molecule has 0 bridgehead atoms. The Labute approximate surface area is 159 Å². The molecule has 1 aliphatic carbocycles. The highest BCUT2D eigenvalue weighted by Gasteiger charge is 2.39. The molecule has 3 aromatic rings. The van der Waals surface area contributed by atoms with Crippen molar-refractivity contribution in [3.63, 3.8) is 0 Å². The van der Waals surface area contributed by atoms with Gasteiger partial charge in [0.1, 0.15) is 18.1 Å². The number of hydrogen-bond donors (Lipinski definition) is 1. The fourth-order valence-electron chi connectivity index (χ4n) is 2.59. The summed E-state index contributed by atoms with van der Waals surface area (Å²) in [4.78, 5) is 4.37. The lowest BCUT2D eigenvalue weighted by atomic mass is 9.77. The van der Waals surface area contributed by atoms with Gasteiger partial charge in [-0.1, -0.05) is 27.2 Å². The lowest BCUT2D eigenvalue weighted by molar-refractivity contribution is 0.229. The van der Waals surface area contributed by atoms with Gasteiger partial charge in [0.05, 0.1) is 5.54 Å². The number of rotatable bonds is 5. The molecule has 0 saturated heterocycles. The standard InChI is InChI=1S/C17H16BrN3O3.ClH/c18-11-3-1-4-12(9-11)22-10-13-5-6-14(23-13)15-20-16(21-24-15)17(19)7-2-8-17;/h1,3-6,9H,2,7-8,10,19H2;1H. The molecule has 8 heteroatoms. The van der Waals surface area contributed by atoms with Crippen LogP contribution in [0.2, 0.25) is 0 Å². The van der Waals surface area contributed by atoms with Crippen LogP contribution in [0.15, 0.2) is 49.8 Å². The highest BCUT2D eigenvalue weighted by atomic mass is 79.9. The summed E-state index contributed by atoms with van der Waals surface area (Å²) in [6.07, 6.45) is 2.86. The van der Waals surface area contributed by atoms with E-state index in [4.69, 9.17) is 19.4 Å². The van der Waals surface area contributed by atoms with E-state index in [1.165, 1.54) is 0 Å². The molecule has 1 fully saturated rings. The van der Waals surface area contributed by atoms with E-state index < -0.39 is 5.54 Å². The van der Waals surface area contributed by atoms with Crippen LogP contribution in [0.1, 0.15) is 30.8 Å². The Bertz CT molecular complexity index is 860. The van der Waals surface area contributed by atoms with Crippen LogP contribution in [-0.4, -0.2) is 10.1 Å². The second kappa shape index (κ2) is 7.19. The number of halogens is 2. The molecule has 0 atom stereocenters. The van der Waals surface area contributed by atoms with Crippen molar-refractivity contribution in [2.75, 3.05) is 0 Å². The second-order valence-corrected chi connectivity index (χ2v) is 6.86. The highest BCUT2D eigenvalue weighted by Crippen LogP contribution is 2.37. The number of hydrogen-bond acceptors (Lipinski definition) is 6. The van der Waals surface area contributed by atoms with Crippen LogP contribution in [0, 0.1) is 0 Å². The zero-order valence-corrected chi connectivity index (χ0v) is 15.7. The third-order valence-corrected chi connectivity index (χ3v) is 4.66. The fourth-order valence-corrected chi connectivity index (χ4v) is 2.97. The van der Waals surface area contributed by atoms with E-state index >= 15 is 0 Å². The first-order valence-corrected chi connectivity index (χ1v) is 8.52. The minimum absolute atomic E-state index is 0. The van der Waals surface area contributed by atoms with Gasteiger partial charge in [0.15, 0.2) is 11.6 Å². The highest BCUT2D eigenvalue weighted by molar-refractivity contribution is 9.10. The summed E-state index contributed by atoms with van der Waals surface area (Å²) in [6, 6.07) is 11.3. The van der Waals surface area contributed by atoms with Gasteiger partial charge < -0.3 is 19.4 Å². The maximum Gasteiger partial charge on any atom is 0.293 e. The third-order valence-electron chi connectivity index (χ3n) is 4.17. The van der Waals surface area contributed by atoms with E-state index in [1.54, 1.807) is 6.07 Å². The molecule has 0 radical (unpaired) electrons. The molecule has 2 heterocycles. The number of aromatic nitrogens is 2. The first-order valence-electron chi connectivity index (χ1n) is 7.73. The molecular weight excluding hydrogens is 410 g/mol. The molecular formula is C17H17BrClN3O3. The molecule has 1 saturated carbocycles. The van der Waals surface area contributed by atoms with Crippen molar-refractivity contribution >= 4 is 28.3 Å². The molecule has 6 nitrogen and oxygen atoms in total. The van der Waals surface area contributed by atoms with E-state index in [9.17, 15) is 0 Å². The first-order chi connectivity index (χ1) is 11.6. The van der Waals surface area contributed by atoms with Crippen LogP contribution in [-0.2, 0) is 12.1 Å². The number of nitrogens with two attached hydrogens (primary N) is 1. The molecule has 132 valence electrons. The van der Waals surface area contributed by atoms with E-state index in [0.717, 1.165) is 29.5 Å². The molecule has 0 unspecified atom stereocenters. The van der Waals surface area contributed by atoms with Gasteiger partial charge in [-0.15, -0.1) is 12.4 Å². The van der Waals surface area contributed by atoms with Crippen LogP contribution < -0.4 is 10.5 Å². The van der Waals surface area contributed by atoms with Gasteiger partial charge in [-0.3, -0.25) is 0 Å². The molecule has 1 aliphatic rings. The third kappa shape index (κ3) is 3.73. The van der Waals surface area contributed by atoms with Crippen LogP contribution in [0.5, 0.6) is 5.75 Å². The maximum absolute atomic E-state index is 6.21. The van der Waals surface area contributed by atoms with E-state index in [2.05, 4.69) is 26.1 Å². The van der Waals surface area contributed by atoms with Crippen molar-refractivity contribution in [2.24, 2.45) is 5.73 Å². The summed E-state index contributed by atoms with van der Waals surface area (Å²) in [5.41, 5.74) is 5.76. The normalized spacial score (nSPS) is 15.3. The zero-order chi connectivity index (χ0) is 16.6. The fraction of sp³-hybridized carbons (Fsp3) is 0.294. The summed E-state index contributed by atoms with van der Waals surface area (Å²) in [7, 11) is 0. The SMILES string of the molecule is Cl.NC1(c2noc(-c3ccc(COc4cccc(Br)c4)o3)n2)CCC1. The van der Waals surface area contributed by atoms with Gasteiger partial charge in [0, 0.05) is 4.47 Å². The quantitative estimate of drug-likeness (QED) is 0.649. The molecule has 1 aromatic carbocycles. The number of ether oxygens (including phenoxy) is 1. The maximum atomic E-state index is 6.21. The van der Waals surface area contributed by atoms with Crippen molar-refractivity contribution in [1.82, 2.24) is 10.1 Å². The molecule has 0 amide bonds. The number of benzene rings is 1. The Morgan fingerprint density at radius 2 is 2.08 bits per heavy atom. The van der Waals surface area contributed by atoms with E-state index in [-0.39, 0.29) is 12.4 Å². The average molecular weight is 427 g/mol. The van der Waals surface area contributed by atoms with Crippen molar-refractivity contribution < 1.29 is 13.7 Å². The smallest absolute Gasteiger partial charge is 0.293 e. The summed E-state index contributed by atoms with van der Waals surface area (Å²) < 4.78 is 17.7. The van der Waals surface area contributed by atoms with E-state index in [1.807, 2.05) is 30.3 Å². The van der Waals surface area contributed by atoms with Crippen molar-refractivity contribution in [3.8, 4) is 17.4 Å². The monoisotopic (exact) mass is 425 g/mol. The van der Waals surface area contributed by atoms with Gasteiger partial charge >= 0.3 is 0 Å². The lowest BCUT2D eigenvalue weighted by Gasteiger charge is -2.34. The number of furan rings is 1. The van der Waals surface area contributed by atoms with Gasteiger partial charge in [-0.05, 0) is 49.6 Å². The Kier molecular flexibility index (Phi) is 5.17. The van der Waals surface area contributed by atoms with Crippen molar-refractivity contribution in [3.05, 3.63) is 52.5 Å². The first kappa shape index (κ1) is 18.0. The van der Waals surface area contributed by atoms with E-state index in [0.29, 0.717) is 29.8 Å². The minimum Gasteiger partial charge on any atom is -0.486 e. The van der Waals surface area contributed by atoms with Crippen molar-refractivity contribution in [1.29, 1.82) is 0 Å². The lowest BCUT2D eigenvalue weighted by Crippen LogP contribution is -2.44. The summed E-state index contributed by atoms with van der Waals surface area (Å²) in [6.45, 7) is 0.318. The summed E-state index contributed by atoms with van der Waals surface area (Å²) in [5, 5.41) is 3.99. The average Bonchev–Trinajstić information content (AvgIpc) is 3.20. The van der Waals surface area contributed by atoms with Crippen LogP contribution in [0.3, 0.4) is 0 Å². The molecule has 0 aliphatic heterocycles. The molecule has 25 heavy (non-hydrogen) atoms. The Balaban J connectivity index is 0.00000182. The molecule has 4 rings (SSSR count). The van der Waals surface area contributed by atoms with Crippen LogP contribution in [0.25, 0.3) is 11.7 Å². The zero-order valence-electron chi connectivity index (χ0n) is 13.3. The number of nitrogens with zero attached hydrogens (tertiary/aromatic N) is 2. The second-order valence-electron chi connectivity index (χ2n) is 5.94. The predicted octanol–water partition coefficient (Wildman–Crippen LogP) is 4.43. The Morgan fingerprint density at radius 3 is 2.80 bits per heavy atom. The predicted molar refractivity (Wildman–Crippen MR) is 97.4 cm³/mol. The van der Waals surface area contributed by atoms with Gasteiger partial charge in [0.25, 0.3) is 5.89 Å². The van der Waals surface area contributed by atoms with Gasteiger partial charge in [-0.25, -0.2) is 0 Å². The summed E-state index contributed by atoms with van der Waals surface area (Å²) >= 11 is 3.41. The van der Waals surface area contributed by atoms with Crippen LogP contribution >= 0.6 is 28.3 Å². The minimum atomic E-state index is -0.443. The topological polar surface area (TPSA) is 87.3 Å². The molecule has 2 aromatic heterocycles. The summed E-state index contributed by atoms with van der Waals surface area (Å²) in [5.74, 6) is 2.85. The molecule has 0 spiro atoms. The largest absolute Gasteiger partial charge is 0.486 e. The van der Waals surface area contributed by atoms with Crippen LogP contribution in [0.4, 0.5) is 0 Å². The van der Waals surface area contributed by atoms with Gasteiger partial charge in [0.2, 0.25) is 0 Å². The van der Waals surface area contributed by atoms with Gasteiger partial charge in [-0.2, -0.15) is 4.98 Å².